The van der Waals surface area contributed by atoms with Crippen molar-refractivity contribution in [3.05, 3.63) is 48.7 Å². The molecule has 11 heteroatoms. The van der Waals surface area contributed by atoms with Crippen LogP contribution in [0.15, 0.2) is 53.6 Å². The van der Waals surface area contributed by atoms with Crippen molar-refractivity contribution in [2.75, 3.05) is 42.1 Å². The summed E-state index contributed by atoms with van der Waals surface area (Å²) in [6, 6.07) is 11.5. The minimum Gasteiger partial charge on any atom is -0.354 e. The lowest BCUT2D eigenvalue weighted by atomic mass is 10.3. The van der Waals surface area contributed by atoms with Crippen LogP contribution in [0, 0.1) is 0 Å². The van der Waals surface area contributed by atoms with Gasteiger partial charge in [0, 0.05) is 38.1 Å². The van der Waals surface area contributed by atoms with Crippen molar-refractivity contribution in [1.29, 1.82) is 0 Å². The van der Waals surface area contributed by atoms with Gasteiger partial charge < -0.3 is 15.1 Å². The summed E-state index contributed by atoms with van der Waals surface area (Å²) in [6.07, 6.45) is 1.78. The van der Waals surface area contributed by atoms with Gasteiger partial charge in [-0.25, -0.2) is 18.5 Å². The average molecular weight is 452 g/mol. The minimum absolute atomic E-state index is 0.00380. The quantitative estimate of drug-likeness (QED) is 0.659. The molecule has 29 heavy (non-hydrogen) atoms. The molecule has 0 atom stereocenters. The molecule has 0 spiro atoms. The highest BCUT2D eigenvalue weighted by molar-refractivity contribution is 8.23. The molecule has 0 bridgehead atoms. The maximum absolute atomic E-state index is 12.1. The first kappa shape index (κ1) is 21.5. The van der Waals surface area contributed by atoms with E-state index in [2.05, 4.69) is 20.1 Å². The molecular formula is C18H21N5O3S3. The van der Waals surface area contributed by atoms with Gasteiger partial charge in [-0.2, -0.15) is 0 Å². The van der Waals surface area contributed by atoms with Gasteiger partial charge in [0.25, 0.3) is 0 Å². The molecule has 2 aromatic rings. The predicted octanol–water partition coefficient (Wildman–Crippen LogP) is 1.51. The molecule has 1 aromatic carbocycles. The summed E-state index contributed by atoms with van der Waals surface area (Å²) in [6.45, 7) is 3.19. The van der Waals surface area contributed by atoms with Crippen molar-refractivity contribution in [3.8, 4) is 0 Å². The third kappa shape index (κ3) is 6.13. The van der Waals surface area contributed by atoms with Crippen molar-refractivity contribution in [2.24, 2.45) is 5.14 Å². The van der Waals surface area contributed by atoms with Crippen LogP contribution in [0.5, 0.6) is 0 Å². The standard InChI is InChI=1S/C18H21N5O3S3/c19-29(25,26)15-6-4-14(5-7-15)21-17(24)13-28-18(27)23-11-9-22(10-12-23)16-3-1-2-8-20-16/h1-8H,9-13H2,(H,21,24)(H2,19,25,26). The van der Waals surface area contributed by atoms with Crippen LogP contribution in [-0.2, 0) is 14.8 Å². The molecule has 1 fully saturated rings. The van der Waals surface area contributed by atoms with E-state index in [-0.39, 0.29) is 16.6 Å². The SMILES string of the molecule is NS(=O)(=O)c1ccc(NC(=O)CSC(=S)N2CCN(c3ccccn3)CC2)cc1. The number of carbonyl (C=O) groups excluding carboxylic acids is 1. The summed E-state index contributed by atoms with van der Waals surface area (Å²) in [5, 5.41) is 7.78. The van der Waals surface area contributed by atoms with E-state index in [4.69, 9.17) is 17.4 Å². The van der Waals surface area contributed by atoms with Crippen molar-refractivity contribution in [1.82, 2.24) is 9.88 Å². The van der Waals surface area contributed by atoms with Crippen LogP contribution < -0.4 is 15.4 Å². The molecule has 3 N–H and O–H groups in total. The summed E-state index contributed by atoms with van der Waals surface area (Å²) >= 11 is 6.77. The molecule has 154 valence electrons. The lowest BCUT2D eigenvalue weighted by Crippen LogP contribution is -2.48. The fourth-order valence-electron chi connectivity index (χ4n) is 2.80. The fraction of sp³-hybridized carbons (Fsp3) is 0.278. The monoisotopic (exact) mass is 451 g/mol. The van der Waals surface area contributed by atoms with Gasteiger partial charge in [-0.05, 0) is 36.4 Å². The Labute approximate surface area is 179 Å². The number of aromatic nitrogens is 1. The average Bonchev–Trinajstić information content (AvgIpc) is 2.72. The summed E-state index contributed by atoms with van der Waals surface area (Å²) in [5.41, 5.74) is 0.498. The van der Waals surface area contributed by atoms with Crippen LogP contribution >= 0.6 is 24.0 Å². The molecule has 0 radical (unpaired) electrons. The molecule has 0 unspecified atom stereocenters. The Balaban J connectivity index is 1.43. The number of thioether (sulfide) groups is 1. The maximum Gasteiger partial charge on any atom is 0.238 e. The van der Waals surface area contributed by atoms with E-state index in [1.807, 2.05) is 18.2 Å². The number of rotatable bonds is 5. The van der Waals surface area contributed by atoms with Crippen molar-refractivity contribution >= 4 is 55.7 Å². The number of hydrogen-bond donors (Lipinski definition) is 2. The largest absolute Gasteiger partial charge is 0.354 e. The number of anilines is 2. The predicted molar refractivity (Wildman–Crippen MR) is 120 cm³/mol. The third-order valence-electron chi connectivity index (χ3n) is 4.30. The van der Waals surface area contributed by atoms with E-state index < -0.39 is 10.0 Å². The second-order valence-electron chi connectivity index (χ2n) is 6.33. The Hall–Kier alpha value is -2.21. The molecule has 0 saturated carbocycles. The molecule has 0 aliphatic carbocycles. The molecule has 1 saturated heterocycles. The van der Waals surface area contributed by atoms with Crippen LogP contribution in [0.1, 0.15) is 0 Å². The number of nitrogens with two attached hydrogens (primary N) is 1. The Bertz CT molecular complexity index is 960. The Kier molecular flexibility index (Phi) is 7.06. The van der Waals surface area contributed by atoms with Crippen LogP contribution in [0.2, 0.25) is 0 Å². The van der Waals surface area contributed by atoms with E-state index in [1.165, 1.54) is 36.0 Å². The van der Waals surface area contributed by atoms with Gasteiger partial charge in [0.15, 0.2) is 0 Å². The highest BCUT2D eigenvalue weighted by Gasteiger charge is 2.20. The number of primary sulfonamides is 1. The number of pyridine rings is 1. The van der Waals surface area contributed by atoms with E-state index in [1.54, 1.807) is 6.20 Å². The Morgan fingerprint density at radius 3 is 2.41 bits per heavy atom. The zero-order valence-electron chi connectivity index (χ0n) is 15.5. The van der Waals surface area contributed by atoms with Crippen LogP contribution in [0.4, 0.5) is 11.5 Å². The summed E-state index contributed by atoms with van der Waals surface area (Å²) in [4.78, 5) is 20.8. The minimum atomic E-state index is -3.75. The molecule has 1 aromatic heterocycles. The smallest absolute Gasteiger partial charge is 0.238 e. The van der Waals surface area contributed by atoms with E-state index >= 15 is 0 Å². The molecule has 1 amide bonds. The van der Waals surface area contributed by atoms with Gasteiger partial charge >= 0.3 is 0 Å². The topological polar surface area (TPSA) is 109 Å². The van der Waals surface area contributed by atoms with Crippen LogP contribution in [0.25, 0.3) is 0 Å². The first-order valence-corrected chi connectivity index (χ1v) is 11.8. The molecule has 8 nitrogen and oxygen atoms in total. The Morgan fingerprint density at radius 2 is 1.83 bits per heavy atom. The number of nitrogens with zero attached hydrogens (tertiary/aromatic N) is 3. The number of benzene rings is 1. The van der Waals surface area contributed by atoms with Crippen molar-refractivity contribution in [3.63, 3.8) is 0 Å². The number of carbonyl (C=O) groups is 1. The summed E-state index contributed by atoms with van der Waals surface area (Å²) in [7, 11) is -3.75. The van der Waals surface area contributed by atoms with Crippen molar-refractivity contribution in [2.45, 2.75) is 4.90 Å². The van der Waals surface area contributed by atoms with Gasteiger partial charge in [0.05, 0.1) is 10.6 Å². The number of thiocarbonyl (C=S) groups is 1. The summed E-state index contributed by atoms with van der Waals surface area (Å²) < 4.78 is 23.2. The maximum atomic E-state index is 12.1. The highest BCUT2D eigenvalue weighted by atomic mass is 32.2. The first-order valence-electron chi connectivity index (χ1n) is 8.83. The second kappa shape index (κ2) is 9.53. The fourth-order valence-corrected chi connectivity index (χ4v) is 4.37. The van der Waals surface area contributed by atoms with E-state index in [0.29, 0.717) is 10.0 Å². The number of hydrogen-bond acceptors (Lipinski definition) is 7. The normalized spacial score (nSPS) is 14.5. The number of sulfonamides is 1. The van der Waals surface area contributed by atoms with Gasteiger partial charge in [-0.1, -0.05) is 30.0 Å². The van der Waals surface area contributed by atoms with Crippen LogP contribution in [-0.4, -0.2) is 60.5 Å². The highest BCUT2D eigenvalue weighted by Crippen LogP contribution is 2.17. The van der Waals surface area contributed by atoms with Gasteiger partial charge in [0.1, 0.15) is 10.1 Å². The first-order chi connectivity index (χ1) is 13.8. The van der Waals surface area contributed by atoms with Gasteiger partial charge in [-0.3, -0.25) is 4.79 Å². The third-order valence-corrected chi connectivity index (χ3v) is 6.76. The van der Waals surface area contributed by atoms with Gasteiger partial charge in [-0.15, -0.1) is 0 Å². The second-order valence-corrected chi connectivity index (χ2v) is 9.50. The molecule has 3 rings (SSSR count). The van der Waals surface area contributed by atoms with E-state index in [0.717, 1.165) is 32.0 Å². The Morgan fingerprint density at radius 1 is 1.14 bits per heavy atom. The lowest BCUT2D eigenvalue weighted by Gasteiger charge is -2.36. The van der Waals surface area contributed by atoms with Crippen LogP contribution in [0.3, 0.4) is 0 Å². The number of amides is 1. The lowest BCUT2D eigenvalue weighted by molar-refractivity contribution is -0.113. The van der Waals surface area contributed by atoms with Crippen molar-refractivity contribution < 1.29 is 13.2 Å². The van der Waals surface area contributed by atoms with E-state index in [9.17, 15) is 13.2 Å². The molecule has 1 aliphatic rings. The molecule has 1 aliphatic heterocycles. The zero-order chi connectivity index (χ0) is 20.9. The molecule has 2 heterocycles. The zero-order valence-corrected chi connectivity index (χ0v) is 18.0. The number of piperazine rings is 1. The number of nitrogens with one attached hydrogen (secondary N) is 1. The van der Waals surface area contributed by atoms with Gasteiger partial charge in [0.2, 0.25) is 15.9 Å². The summed E-state index contributed by atoms with van der Waals surface area (Å²) in [5.74, 6) is 0.919. The molecular weight excluding hydrogens is 430 g/mol.